The molecule has 0 aliphatic rings. The molecular formula is C17H19NP+. The van der Waals surface area contributed by atoms with Gasteiger partial charge in [-0.1, -0.05) is 43.0 Å². The van der Waals surface area contributed by atoms with Gasteiger partial charge in [0.05, 0.1) is 5.70 Å². The van der Waals surface area contributed by atoms with Crippen LogP contribution in [0.2, 0.25) is 0 Å². The van der Waals surface area contributed by atoms with Crippen molar-refractivity contribution < 1.29 is 0 Å². The van der Waals surface area contributed by atoms with Crippen LogP contribution in [-0.4, -0.2) is 24.8 Å². The molecule has 0 N–H and O–H groups in total. The summed E-state index contributed by atoms with van der Waals surface area (Å²) in [6.07, 6.45) is 0. The van der Waals surface area contributed by atoms with Crippen molar-refractivity contribution in [2.75, 3.05) is 14.1 Å². The van der Waals surface area contributed by atoms with Gasteiger partial charge >= 0.3 is 0 Å². The maximum Gasteiger partial charge on any atom is 0.172 e. The standard InChI is InChI=1S/C17H19NP/c1-15(18(2)3)14-19(16-10-6-4-7-11-16)17-12-8-5-9-13-17/h4-14H,1H2,2-3H3/q+1. The molecule has 2 aromatic carbocycles. The minimum absolute atomic E-state index is 0.489. The Morgan fingerprint density at radius 3 is 1.68 bits per heavy atom. The van der Waals surface area contributed by atoms with Crippen LogP contribution in [0.3, 0.4) is 0 Å². The fraction of sp³-hybridized carbons (Fsp3) is 0.118. The van der Waals surface area contributed by atoms with Crippen molar-refractivity contribution in [2.24, 2.45) is 0 Å². The molecule has 0 atom stereocenters. The van der Waals surface area contributed by atoms with Gasteiger partial charge in [-0.3, -0.25) is 0 Å². The molecule has 0 aliphatic heterocycles. The molecular weight excluding hydrogens is 249 g/mol. The molecule has 2 aromatic rings. The molecule has 0 bridgehead atoms. The predicted octanol–water partition coefficient (Wildman–Crippen LogP) is 3.00. The first kappa shape index (κ1) is 13.6. The summed E-state index contributed by atoms with van der Waals surface area (Å²) in [5.41, 5.74) is 1.05. The predicted molar refractivity (Wildman–Crippen MR) is 88.0 cm³/mol. The fourth-order valence-corrected chi connectivity index (χ4v) is 3.85. The van der Waals surface area contributed by atoms with E-state index in [1.165, 1.54) is 10.6 Å². The zero-order valence-electron chi connectivity index (χ0n) is 11.5. The van der Waals surface area contributed by atoms with Gasteiger partial charge in [0.25, 0.3) is 0 Å². The van der Waals surface area contributed by atoms with Crippen molar-refractivity contribution in [3.8, 4) is 0 Å². The van der Waals surface area contributed by atoms with Gasteiger partial charge in [0.15, 0.2) is 18.2 Å². The lowest BCUT2D eigenvalue weighted by atomic mass is 10.4. The molecule has 0 heterocycles. The Bertz CT molecular complexity index is 529. The van der Waals surface area contributed by atoms with E-state index in [-0.39, 0.29) is 0 Å². The Hall–Kier alpha value is -1.85. The van der Waals surface area contributed by atoms with Gasteiger partial charge in [0.2, 0.25) is 0 Å². The van der Waals surface area contributed by atoms with Crippen molar-refractivity contribution in [1.82, 2.24) is 4.90 Å². The monoisotopic (exact) mass is 268 g/mol. The molecule has 96 valence electrons. The SMILES string of the molecule is C=C(C=[P+](c1ccccc1)c1ccccc1)N(C)C. The molecule has 1 nitrogen and oxygen atoms in total. The van der Waals surface area contributed by atoms with Crippen molar-refractivity contribution >= 4 is 24.0 Å². The van der Waals surface area contributed by atoms with Crippen LogP contribution >= 0.6 is 7.55 Å². The zero-order chi connectivity index (χ0) is 13.7. The number of benzene rings is 2. The Morgan fingerprint density at radius 2 is 1.32 bits per heavy atom. The summed E-state index contributed by atoms with van der Waals surface area (Å²) in [6, 6.07) is 21.3. The van der Waals surface area contributed by atoms with Gasteiger partial charge in [0, 0.05) is 14.1 Å². The van der Waals surface area contributed by atoms with Crippen molar-refractivity contribution in [3.63, 3.8) is 0 Å². The molecule has 0 amide bonds. The maximum absolute atomic E-state index is 4.13. The normalized spacial score (nSPS) is 9.79. The third kappa shape index (κ3) is 3.56. The van der Waals surface area contributed by atoms with Crippen LogP contribution in [0.5, 0.6) is 0 Å². The first-order valence-electron chi connectivity index (χ1n) is 6.29. The summed E-state index contributed by atoms with van der Waals surface area (Å²) < 4.78 is 0. The fourth-order valence-electron chi connectivity index (χ4n) is 1.74. The van der Waals surface area contributed by atoms with Crippen LogP contribution in [0.15, 0.2) is 72.9 Å². The van der Waals surface area contributed by atoms with E-state index in [0.717, 1.165) is 5.70 Å². The van der Waals surface area contributed by atoms with E-state index in [4.69, 9.17) is 0 Å². The lowest BCUT2D eigenvalue weighted by Gasteiger charge is -2.09. The van der Waals surface area contributed by atoms with E-state index in [0.29, 0.717) is 0 Å². The summed E-state index contributed by atoms with van der Waals surface area (Å²) in [6.45, 7) is 4.13. The molecule has 0 saturated carbocycles. The van der Waals surface area contributed by atoms with E-state index in [1.807, 2.05) is 14.1 Å². The Kier molecular flexibility index (Phi) is 4.54. The Balaban J connectivity index is 2.49. The molecule has 2 rings (SSSR count). The zero-order valence-corrected chi connectivity index (χ0v) is 12.3. The van der Waals surface area contributed by atoms with Crippen LogP contribution < -0.4 is 10.6 Å². The highest BCUT2D eigenvalue weighted by Gasteiger charge is 2.18. The third-order valence-corrected chi connectivity index (χ3v) is 5.19. The molecule has 19 heavy (non-hydrogen) atoms. The number of rotatable bonds is 4. The van der Waals surface area contributed by atoms with E-state index in [2.05, 4.69) is 77.9 Å². The van der Waals surface area contributed by atoms with Crippen molar-refractivity contribution in [3.05, 3.63) is 72.9 Å². The van der Waals surface area contributed by atoms with E-state index >= 15 is 0 Å². The van der Waals surface area contributed by atoms with E-state index < -0.39 is 7.55 Å². The van der Waals surface area contributed by atoms with Crippen molar-refractivity contribution in [1.29, 1.82) is 0 Å². The molecule has 0 unspecified atom stereocenters. The van der Waals surface area contributed by atoms with Gasteiger partial charge in [-0.15, -0.1) is 0 Å². The van der Waals surface area contributed by atoms with Crippen molar-refractivity contribution in [2.45, 2.75) is 0 Å². The van der Waals surface area contributed by atoms with Gasteiger partial charge < -0.3 is 4.90 Å². The first-order chi connectivity index (χ1) is 9.18. The first-order valence-corrected chi connectivity index (χ1v) is 7.70. The highest BCUT2D eigenvalue weighted by molar-refractivity contribution is 7.72. The highest BCUT2D eigenvalue weighted by atomic mass is 31.1. The summed E-state index contributed by atoms with van der Waals surface area (Å²) in [7, 11) is 3.57. The number of hydrogen-bond acceptors (Lipinski definition) is 1. The quantitative estimate of drug-likeness (QED) is 0.771. The summed E-state index contributed by atoms with van der Waals surface area (Å²) >= 11 is 0. The number of allylic oxidation sites excluding steroid dienone is 1. The Labute approximate surface area is 116 Å². The second-order valence-electron chi connectivity index (χ2n) is 4.56. The molecule has 0 spiro atoms. The Morgan fingerprint density at radius 1 is 0.895 bits per heavy atom. The minimum Gasteiger partial charge on any atom is -0.375 e. The van der Waals surface area contributed by atoms with Crippen LogP contribution in [0.25, 0.3) is 0 Å². The van der Waals surface area contributed by atoms with Gasteiger partial charge in [-0.2, -0.15) is 0 Å². The molecule has 2 heteroatoms. The van der Waals surface area contributed by atoms with Gasteiger partial charge in [0.1, 0.15) is 5.80 Å². The smallest absolute Gasteiger partial charge is 0.172 e. The molecule has 0 aromatic heterocycles. The summed E-state index contributed by atoms with van der Waals surface area (Å²) in [5, 5.41) is 2.71. The highest BCUT2D eigenvalue weighted by Crippen LogP contribution is 2.22. The lowest BCUT2D eigenvalue weighted by Crippen LogP contribution is -2.14. The van der Waals surface area contributed by atoms with Crippen LogP contribution in [0, 0.1) is 0 Å². The lowest BCUT2D eigenvalue weighted by molar-refractivity contribution is 0.545. The summed E-state index contributed by atoms with van der Waals surface area (Å²) in [5.74, 6) is 2.28. The topological polar surface area (TPSA) is 3.24 Å². The maximum atomic E-state index is 4.13. The average molecular weight is 268 g/mol. The minimum atomic E-state index is -0.489. The average Bonchev–Trinajstić information content (AvgIpc) is 2.46. The van der Waals surface area contributed by atoms with Crippen LogP contribution in [0.1, 0.15) is 0 Å². The molecule has 0 fully saturated rings. The molecule has 0 aliphatic carbocycles. The molecule has 0 radical (unpaired) electrons. The van der Waals surface area contributed by atoms with E-state index in [9.17, 15) is 0 Å². The van der Waals surface area contributed by atoms with Gasteiger partial charge in [-0.25, -0.2) is 0 Å². The third-order valence-electron chi connectivity index (χ3n) is 2.92. The largest absolute Gasteiger partial charge is 0.375 e. The van der Waals surface area contributed by atoms with Gasteiger partial charge in [-0.05, 0) is 24.3 Å². The van der Waals surface area contributed by atoms with E-state index in [1.54, 1.807) is 0 Å². The summed E-state index contributed by atoms with van der Waals surface area (Å²) in [4.78, 5) is 2.06. The number of hydrogen-bond donors (Lipinski definition) is 0. The second kappa shape index (κ2) is 6.36. The van der Waals surface area contributed by atoms with Crippen LogP contribution in [0.4, 0.5) is 0 Å². The van der Waals surface area contributed by atoms with Crippen LogP contribution in [-0.2, 0) is 0 Å². The molecule has 0 saturated heterocycles. The second-order valence-corrected chi connectivity index (χ2v) is 6.59. The number of nitrogens with zero attached hydrogens (tertiary/aromatic N) is 1.